The Labute approximate surface area is 124 Å². The maximum Gasteiger partial charge on any atom is 0.0492 e. The summed E-state index contributed by atoms with van der Waals surface area (Å²) in [6, 6.07) is 2.25. The minimum absolute atomic E-state index is 0.214. The van der Waals surface area contributed by atoms with Crippen molar-refractivity contribution in [3.05, 3.63) is 18.0 Å². The van der Waals surface area contributed by atoms with Crippen LogP contribution in [-0.4, -0.2) is 21.9 Å². The van der Waals surface area contributed by atoms with Crippen molar-refractivity contribution in [2.45, 2.75) is 77.8 Å². The summed E-state index contributed by atoms with van der Waals surface area (Å²) in [4.78, 5) is 0. The molecule has 3 nitrogen and oxygen atoms in total. The van der Waals surface area contributed by atoms with Crippen LogP contribution >= 0.6 is 0 Å². The number of rotatable bonds is 5. The summed E-state index contributed by atoms with van der Waals surface area (Å²) in [6.45, 7) is 11.2. The molecule has 1 fully saturated rings. The van der Waals surface area contributed by atoms with E-state index in [1.165, 1.54) is 31.4 Å². The van der Waals surface area contributed by atoms with Gasteiger partial charge in [-0.2, -0.15) is 5.10 Å². The van der Waals surface area contributed by atoms with Crippen LogP contribution in [0.2, 0.25) is 0 Å². The third kappa shape index (κ3) is 4.08. The molecular weight excluding hydrogens is 246 g/mol. The normalized spacial score (nSPS) is 24.0. The van der Waals surface area contributed by atoms with E-state index in [1.54, 1.807) is 0 Å². The van der Waals surface area contributed by atoms with Crippen molar-refractivity contribution >= 4 is 0 Å². The summed E-state index contributed by atoms with van der Waals surface area (Å²) in [7, 11) is 0. The summed E-state index contributed by atoms with van der Waals surface area (Å²) < 4.78 is 2.24. The lowest BCUT2D eigenvalue weighted by molar-refractivity contribution is 0.260. The largest absolute Gasteiger partial charge is 0.312 e. The van der Waals surface area contributed by atoms with Crippen LogP contribution in [0.3, 0.4) is 0 Å². The van der Waals surface area contributed by atoms with Gasteiger partial charge in [-0.3, -0.25) is 4.68 Å². The van der Waals surface area contributed by atoms with E-state index < -0.39 is 0 Å². The van der Waals surface area contributed by atoms with Gasteiger partial charge in [-0.05, 0) is 58.6 Å². The Morgan fingerprint density at radius 2 is 2.05 bits per heavy atom. The Balaban J connectivity index is 2.08. The lowest BCUT2D eigenvalue weighted by atomic mass is 9.77. The van der Waals surface area contributed by atoms with Crippen LogP contribution in [0, 0.1) is 5.92 Å². The minimum Gasteiger partial charge on any atom is -0.312 e. The molecule has 1 aromatic heterocycles. The Morgan fingerprint density at radius 1 is 1.30 bits per heavy atom. The fourth-order valence-electron chi connectivity index (χ4n) is 3.34. The molecule has 0 radical (unpaired) electrons. The first kappa shape index (κ1) is 15.6. The van der Waals surface area contributed by atoms with Crippen LogP contribution in [-0.2, 0) is 6.54 Å². The van der Waals surface area contributed by atoms with E-state index in [1.807, 2.05) is 6.20 Å². The van der Waals surface area contributed by atoms with Crippen LogP contribution in [0.5, 0.6) is 0 Å². The van der Waals surface area contributed by atoms with E-state index in [0.717, 1.165) is 25.4 Å². The molecule has 0 amide bonds. The first-order valence-corrected chi connectivity index (χ1v) is 8.28. The minimum atomic E-state index is 0.214. The van der Waals surface area contributed by atoms with Crippen molar-refractivity contribution in [3.63, 3.8) is 0 Å². The summed E-state index contributed by atoms with van der Waals surface area (Å²) in [5.74, 6) is 1.45. The second kappa shape index (κ2) is 6.75. The molecule has 1 aliphatic rings. The molecule has 2 atom stereocenters. The van der Waals surface area contributed by atoms with Gasteiger partial charge in [0.15, 0.2) is 0 Å². The molecule has 3 heteroatoms. The van der Waals surface area contributed by atoms with Crippen molar-refractivity contribution in [1.82, 2.24) is 15.1 Å². The summed E-state index contributed by atoms with van der Waals surface area (Å²) >= 11 is 0. The Bertz CT molecular complexity index is 403. The third-order valence-corrected chi connectivity index (χ3v) is 4.37. The molecule has 1 saturated carbocycles. The zero-order chi connectivity index (χ0) is 14.6. The Hall–Kier alpha value is -0.830. The second-order valence-electron chi connectivity index (χ2n) is 7.26. The fraction of sp³-hybridized carbons (Fsp3) is 0.824. The van der Waals surface area contributed by atoms with E-state index in [-0.39, 0.29) is 5.54 Å². The van der Waals surface area contributed by atoms with E-state index in [4.69, 9.17) is 0 Å². The van der Waals surface area contributed by atoms with E-state index in [9.17, 15) is 0 Å². The van der Waals surface area contributed by atoms with Crippen molar-refractivity contribution in [1.29, 1.82) is 0 Å². The SMILES string of the molecule is CCCn1nccc1C1CCCCC1CNC(C)(C)C. The van der Waals surface area contributed by atoms with E-state index >= 15 is 0 Å². The molecule has 0 bridgehead atoms. The molecule has 114 valence electrons. The first-order chi connectivity index (χ1) is 9.51. The van der Waals surface area contributed by atoms with Gasteiger partial charge in [-0.15, -0.1) is 0 Å². The molecule has 2 unspecified atom stereocenters. The molecule has 1 aromatic rings. The van der Waals surface area contributed by atoms with Gasteiger partial charge < -0.3 is 5.32 Å². The fourth-order valence-corrected chi connectivity index (χ4v) is 3.34. The lowest BCUT2D eigenvalue weighted by Gasteiger charge is -2.34. The zero-order valence-corrected chi connectivity index (χ0v) is 13.7. The predicted molar refractivity (Wildman–Crippen MR) is 85.0 cm³/mol. The molecule has 0 spiro atoms. The van der Waals surface area contributed by atoms with Gasteiger partial charge in [-0.1, -0.05) is 19.8 Å². The van der Waals surface area contributed by atoms with Gasteiger partial charge >= 0.3 is 0 Å². The van der Waals surface area contributed by atoms with Gasteiger partial charge in [-0.25, -0.2) is 0 Å². The predicted octanol–water partition coefficient (Wildman–Crippen LogP) is 3.96. The maximum absolute atomic E-state index is 4.52. The number of nitrogens with one attached hydrogen (secondary N) is 1. The van der Waals surface area contributed by atoms with Crippen molar-refractivity contribution in [3.8, 4) is 0 Å². The molecule has 1 N–H and O–H groups in total. The molecule has 1 aliphatic carbocycles. The highest BCUT2D eigenvalue weighted by molar-refractivity contribution is 5.11. The summed E-state index contributed by atoms with van der Waals surface area (Å²) in [6.07, 6.45) is 8.57. The van der Waals surface area contributed by atoms with Crippen LogP contribution in [0.4, 0.5) is 0 Å². The monoisotopic (exact) mass is 277 g/mol. The van der Waals surface area contributed by atoms with Crippen molar-refractivity contribution in [2.24, 2.45) is 5.92 Å². The smallest absolute Gasteiger partial charge is 0.0492 e. The van der Waals surface area contributed by atoms with Gasteiger partial charge in [0.2, 0.25) is 0 Å². The maximum atomic E-state index is 4.52. The van der Waals surface area contributed by atoms with Gasteiger partial charge in [0.25, 0.3) is 0 Å². The molecule has 1 heterocycles. The van der Waals surface area contributed by atoms with Crippen molar-refractivity contribution in [2.75, 3.05) is 6.54 Å². The average molecular weight is 277 g/mol. The van der Waals surface area contributed by atoms with Gasteiger partial charge in [0, 0.05) is 29.9 Å². The van der Waals surface area contributed by atoms with E-state index in [0.29, 0.717) is 5.92 Å². The Kier molecular flexibility index (Phi) is 5.25. The highest BCUT2D eigenvalue weighted by Gasteiger charge is 2.29. The highest BCUT2D eigenvalue weighted by atomic mass is 15.3. The van der Waals surface area contributed by atoms with E-state index in [2.05, 4.69) is 48.9 Å². The van der Waals surface area contributed by atoms with Crippen LogP contribution < -0.4 is 5.32 Å². The number of hydrogen-bond donors (Lipinski definition) is 1. The van der Waals surface area contributed by atoms with Crippen LogP contribution in [0.15, 0.2) is 12.3 Å². The van der Waals surface area contributed by atoms with Crippen LogP contribution in [0.1, 0.15) is 71.4 Å². The molecule has 0 aromatic carbocycles. The summed E-state index contributed by atoms with van der Waals surface area (Å²) in [5, 5.41) is 8.23. The molecule has 20 heavy (non-hydrogen) atoms. The average Bonchev–Trinajstić information content (AvgIpc) is 2.84. The van der Waals surface area contributed by atoms with Gasteiger partial charge in [0.05, 0.1) is 0 Å². The second-order valence-corrected chi connectivity index (χ2v) is 7.26. The molecule has 0 aliphatic heterocycles. The lowest BCUT2D eigenvalue weighted by Crippen LogP contribution is -2.41. The topological polar surface area (TPSA) is 29.9 Å². The number of aryl methyl sites for hydroxylation is 1. The molecular formula is C17H31N3. The third-order valence-electron chi connectivity index (χ3n) is 4.37. The highest BCUT2D eigenvalue weighted by Crippen LogP contribution is 2.37. The van der Waals surface area contributed by atoms with Gasteiger partial charge in [0.1, 0.15) is 0 Å². The number of nitrogens with zero attached hydrogens (tertiary/aromatic N) is 2. The standard InChI is InChI=1S/C17H31N3/c1-5-12-20-16(10-11-19-20)15-9-7-6-8-14(15)13-18-17(2,3)4/h10-11,14-15,18H,5-9,12-13H2,1-4H3. The number of hydrogen-bond acceptors (Lipinski definition) is 2. The first-order valence-electron chi connectivity index (χ1n) is 8.28. The van der Waals surface area contributed by atoms with Crippen LogP contribution in [0.25, 0.3) is 0 Å². The quantitative estimate of drug-likeness (QED) is 0.883. The van der Waals surface area contributed by atoms with Crippen molar-refractivity contribution < 1.29 is 0 Å². The Morgan fingerprint density at radius 3 is 2.75 bits per heavy atom. The summed E-state index contributed by atoms with van der Waals surface area (Å²) in [5.41, 5.74) is 1.68. The number of aromatic nitrogens is 2. The molecule has 0 saturated heterocycles. The zero-order valence-electron chi connectivity index (χ0n) is 13.7. The molecule has 2 rings (SSSR count).